The molecule has 0 saturated heterocycles. The van der Waals surface area contributed by atoms with Gasteiger partial charge in [0.2, 0.25) is 0 Å². The fraction of sp³-hybridized carbons (Fsp3) is 0.300. The molecule has 0 unspecified atom stereocenters. The van der Waals surface area contributed by atoms with Crippen LogP contribution in [0.4, 0.5) is 0 Å². The molecule has 0 saturated carbocycles. The first-order valence-electron chi connectivity index (χ1n) is 4.35. The highest BCUT2D eigenvalue weighted by Crippen LogP contribution is 2.09. The van der Waals surface area contributed by atoms with Crippen molar-refractivity contribution in [3.63, 3.8) is 0 Å². The standard InChI is InChI=1S/C10H13NO3/c1-7(12)6-11-10(14)8-2-4-9(13)5-3-8/h2-5,7,12-13H,6H2,1H3,(H,11,14)/t7-/m1/s1. The Kier molecular flexibility index (Phi) is 3.48. The average molecular weight is 195 g/mol. The van der Waals surface area contributed by atoms with Gasteiger partial charge in [0, 0.05) is 12.1 Å². The van der Waals surface area contributed by atoms with E-state index in [0.717, 1.165) is 0 Å². The number of aliphatic hydroxyl groups excluding tert-OH is 1. The zero-order valence-corrected chi connectivity index (χ0v) is 7.90. The SMILES string of the molecule is C[C@@H](O)CNC(=O)c1ccc(O)cc1. The zero-order chi connectivity index (χ0) is 10.6. The third-order valence-electron chi connectivity index (χ3n) is 1.69. The summed E-state index contributed by atoms with van der Waals surface area (Å²) in [6.45, 7) is 1.82. The van der Waals surface area contributed by atoms with Gasteiger partial charge < -0.3 is 15.5 Å². The highest BCUT2D eigenvalue weighted by molar-refractivity contribution is 5.94. The number of rotatable bonds is 3. The van der Waals surface area contributed by atoms with Crippen LogP contribution in [0.3, 0.4) is 0 Å². The van der Waals surface area contributed by atoms with E-state index in [1.807, 2.05) is 0 Å². The predicted octanol–water partition coefficient (Wildman–Crippen LogP) is 0.503. The molecule has 1 aromatic rings. The summed E-state index contributed by atoms with van der Waals surface area (Å²) in [6, 6.07) is 5.92. The molecule has 0 spiro atoms. The van der Waals surface area contributed by atoms with Gasteiger partial charge >= 0.3 is 0 Å². The number of carbonyl (C=O) groups is 1. The van der Waals surface area contributed by atoms with Crippen molar-refractivity contribution in [1.29, 1.82) is 0 Å². The van der Waals surface area contributed by atoms with Crippen LogP contribution in [0.5, 0.6) is 5.75 Å². The van der Waals surface area contributed by atoms with Crippen LogP contribution in [0.1, 0.15) is 17.3 Å². The fourth-order valence-corrected chi connectivity index (χ4v) is 0.955. The van der Waals surface area contributed by atoms with E-state index in [1.54, 1.807) is 6.92 Å². The quantitative estimate of drug-likeness (QED) is 0.658. The first-order valence-corrected chi connectivity index (χ1v) is 4.35. The van der Waals surface area contributed by atoms with Crippen molar-refractivity contribution < 1.29 is 15.0 Å². The van der Waals surface area contributed by atoms with Crippen molar-refractivity contribution in [2.45, 2.75) is 13.0 Å². The van der Waals surface area contributed by atoms with Gasteiger partial charge in [-0.1, -0.05) is 0 Å². The number of phenolic OH excluding ortho intramolecular Hbond substituents is 1. The smallest absolute Gasteiger partial charge is 0.251 e. The average Bonchev–Trinajstić information content (AvgIpc) is 2.15. The third kappa shape index (κ3) is 3.06. The van der Waals surface area contributed by atoms with E-state index in [4.69, 9.17) is 10.2 Å². The first kappa shape index (κ1) is 10.5. The van der Waals surface area contributed by atoms with Gasteiger partial charge in [-0.2, -0.15) is 0 Å². The van der Waals surface area contributed by atoms with Gasteiger partial charge in [-0.25, -0.2) is 0 Å². The molecule has 76 valence electrons. The van der Waals surface area contributed by atoms with Crippen molar-refractivity contribution in [3.05, 3.63) is 29.8 Å². The summed E-state index contributed by atoms with van der Waals surface area (Å²) in [7, 11) is 0. The molecule has 1 rings (SSSR count). The molecule has 0 fully saturated rings. The molecule has 4 heteroatoms. The molecule has 3 N–H and O–H groups in total. The van der Waals surface area contributed by atoms with E-state index in [0.29, 0.717) is 5.56 Å². The first-order chi connectivity index (χ1) is 6.59. The summed E-state index contributed by atoms with van der Waals surface area (Å²) in [5.41, 5.74) is 0.462. The molecule has 0 aromatic heterocycles. The zero-order valence-electron chi connectivity index (χ0n) is 7.90. The Morgan fingerprint density at radius 3 is 2.50 bits per heavy atom. The van der Waals surface area contributed by atoms with Crippen LogP contribution in [-0.4, -0.2) is 28.8 Å². The van der Waals surface area contributed by atoms with Gasteiger partial charge in [-0.3, -0.25) is 4.79 Å². The van der Waals surface area contributed by atoms with E-state index in [-0.39, 0.29) is 18.2 Å². The Hall–Kier alpha value is -1.55. The summed E-state index contributed by atoms with van der Waals surface area (Å²) in [5, 5.41) is 20.5. The Morgan fingerprint density at radius 1 is 1.43 bits per heavy atom. The molecular formula is C10H13NO3. The Morgan fingerprint density at radius 2 is 2.00 bits per heavy atom. The van der Waals surface area contributed by atoms with Crippen LogP contribution in [0.2, 0.25) is 0 Å². The molecule has 1 atom stereocenters. The topological polar surface area (TPSA) is 69.6 Å². The number of amides is 1. The normalized spacial score (nSPS) is 12.1. The lowest BCUT2D eigenvalue weighted by atomic mass is 10.2. The van der Waals surface area contributed by atoms with Crippen molar-refractivity contribution >= 4 is 5.91 Å². The highest BCUT2D eigenvalue weighted by Gasteiger charge is 2.05. The summed E-state index contributed by atoms with van der Waals surface area (Å²) in [6.07, 6.45) is -0.559. The van der Waals surface area contributed by atoms with Crippen LogP contribution in [-0.2, 0) is 0 Å². The van der Waals surface area contributed by atoms with E-state index in [9.17, 15) is 4.79 Å². The minimum Gasteiger partial charge on any atom is -0.508 e. The molecule has 0 heterocycles. The molecule has 0 aliphatic rings. The number of aromatic hydroxyl groups is 1. The third-order valence-corrected chi connectivity index (χ3v) is 1.69. The van der Waals surface area contributed by atoms with Crippen molar-refractivity contribution in [3.8, 4) is 5.75 Å². The lowest BCUT2D eigenvalue weighted by molar-refractivity contribution is 0.0924. The highest BCUT2D eigenvalue weighted by atomic mass is 16.3. The van der Waals surface area contributed by atoms with E-state index in [1.165, 1.54) is 24.3 Å². The van der Waals surface area contributed by atoms with Crippen LogP contribution < -0.4 is 5.32 Å². The number of hydrogen-bond donors (Lipinski definition) is 3. The molecule has 1 aromatic carbocycles. The number of hydrogen-bond acceptors (Lipinski definition) is 3. The maximum Gasteiger partial charge on any atom is 0.251 e. The monoisotopic (exact) mass is 195 g/mol. The second-order valence-electron chi connectivity index (χ2n) is 3.11. The van der Waals surface area contributed by atoms with Gasteiger partial charge in [-0.15, -0.1) is 0 Å². The number of phenols is 1. The maximum absolute atomic E-state index is 11.4. The second kappa shape index (κ2) is 4.62. The number of carbonyl (C=O) groups excluding carboxylic acids is 1. The van der Waals surface area contributed by atoms with Gasteiger partial charge in [0.05, 0.1) is 6.10 Å². The van der Waals surface area contributed by atoms with Crippen molar-refractivity contribution in [2.75, 3.05) is 6.54 Å². The lowest BCUT2D eigenvalue weighted by Gasteiger charge is -2.06. The molecule has 0 bridgehead atoms. The molecular weight excluding hydrogens is 182 g/mol. The maximum atomic E-state index is 11.4. The Bertz CT molecular complexity index is 306. The fourth-order valence-electron chi connectivity index (χ4n) is 0.955. The molecule has 4 nitrogen and oxygen atoms in total. The minimum absolute atomic E-state index is 0.122. The molecule has 0 aliphatic heterocycles. The minimum atomic E-state index is -0.559. The van der Waals surface area contributed by atoms with Gasteiger partial charge in [0.15, 0.2) is 0 Å². The van der Waals surface area contributed by atoms with Gasteiger partial charge in [-0.05, 0) is 31.2 Å². The van der Waals surface area contributed by atoms with E-state index >= 15 is 0 Å². The van der Waals surface area contributed by atoms with Crippen LogP contribution >= 0.6 is 0 Å². The number of aliphatic hydroxyl groups is 1. The predicted molar refractivity (Wildman–Crippen MR) is 52.1 cm³/mol. The summed E-state index contributed by atoms with van der Waals surface area (Å²) in [4.78, 5) is 11.4. The summed E-state index contributed by atoms with van der Waals surface area (Å²) in [5.74, 6) is -0.136. The number of nitrogens with one attached hydrogen (secondary N) is 1. The van der Waals surface area contributed by atoms with Gasteiger partial charge in [0.25, 0.3) is 5.91 Å². The molecule has 14 heavy (non-hydrogen) atoms. The lowest BCUT2D eigenvalue weighted by Crippen LogP contribution is -2.30. The van der Waals surface area contributed by atoms with E-state index < -0.39 is 6.10 Å². The number of benzene rings is 1. The van der Waals surface area contributed by atoms with Crippen LogP contribution in [0.25, 0.3) is 0 Å². The van der Waals surface area contributed by atoms with Crippen LogP contribution in [0.15, 0.2) is 24.3 Å². The summed E-state index contributed by atoms with van der Waals surface area (Å²) < 4.78 is 0. The second-order valence-corrected chi connectivity index (χ2v) is 3.11. The molecule has 1 amide bonds. The van der Waals surface area contributed by atoms with Crippen molar-refractivity contribution in [1.82, 2.24) is 5.32 Å². The summed E-state index contributed by atoms with van der Waals surface area (Å²) >= 11 is 0. The van der Waals surface area contributed by atoms with Gasteiger partial charge in [0.1, 0.15) is 5.75 Å². The van der Waals surface area contributed by atoms with Crippen LogP contribution in [0, 0.1) is 0 Å². The molecule has 0 aliphatic carbocycles. The van der Waals surface area contributed by atoms with Crippen molar-refractivity contribution in [2.24, 2.45) is 0 Å². The van der Waals surface area contributed by atoms with E-state index in [2.05, 4.69) is 5.32 Å². The Balaban J connectivity index is 2.57. The largest absolute Gasteiger partial charge is 0.508 e. The Labute approximate surface area is 82.2 Å². The molecule has 0 radical (unpaired) electrons.